The van der Waals surface area contributed by atoms with Gasteiger partial charge in [0.05, 0.1) is 5.25 Å². The van der Waals surface area contributed by atoms with Gasteiger partial charge >= 0.3 is 0 Å². The zero-order valence-electron chi connectivity index (χ0n) is 10.0. The molecule has 0 aromatic carbocycles. The minimum Gasteiger partial charge on any atom is -0.313 e. The van der Waals surface area contributed by atoms with Gasteiger partial charge in [-0.15, -0.1) is 11.8 Å². The molecular weight excluding hydrogens is 210 g/mol. The summed E-state index contributed by atoms with van der Waals surface area (Å²) < 4.78 is 22.8. The zero-order valence-corrected chi connectivity index (χ0v) is 10.8. The maximum absolute atomic E-state index is 11.4. The van der Waals surface area contributed by atoms with Crippen LogP contribution in [0.15, 0.2) is 0 Å². The molecule has 0 rings (SSSR count). The van der Waals surface area contributed by atoms with Gasteiger partial charge in [-0.05, 0) is 26.8 Å². The SMILES string of the molecule is CC#CCCC(NCC)C(C)S(C)(=O)=O. The maximum Gasteiger partial charge on any atom is 0.151 e. The van der Waals surface area contributed by atoms with Gasteiger partial charge in [0.15, 0.2) is 9.84 Å². The Morgan fingerprint density at radius 1 is 1.40 bits per heavy atom. The van der Waals surface area contributed by atoms with Crippen LogP contribution in [0.3, 0.4) is 0 Å². The third kappa shape index (κ3) is 5.81. The first-order valence-electron chi connectivity index (χ1n) is 5.25. The van der Waals surface area contributed by atoms with Crippen molar-refractivity contribution in [2.24, 2.45) is 0 Å². The van der Waals surface area contributed by atoms with Crippen molar-refractivity contribution in [1.29, 1.82) is 0 Å². The van der Waals surface area contributed by atoms with Crippen LogP contribution in [0.2, 0.25) is 0 Å². The van der Waals surface area contributed by atoms with E-state index in [4.69, 9.17) is 0 Å². The normalized spacial score (nSPS) is 15.2. The summed E-state index contributed by atoms with van der Waals surface area (Å²) >= 11 is 0. The monoisotopic (exact) mass is 231 g/mol. The van der Waals surface area contributed by atoms with Gasteiger partial charge < -0.3 is 5.32 Å². The minimum atomic E-state index is -2.97. The van der Waals surface area contributed by atoms with Crippen LogP contribution in [-0.4, -0.2) is 32.5 Å². The van der Waals surface area contributed by atoms with Crippen molar-refractivity contribution in [2.75, 3.05) is 12.8 Å². The molecule has 0 aliphatic heterocycles. The Balaban J connectivity index is 4.42. The molecule has 0 fully saturated rings. The molecule has 88 valence electrons. The van der Waals surface area contributed by atoms with Gasteiger partial charge in [0.25, 0.3) is 0 Å². The molecule has 4 heteroatoms. The lowest BCUT2D eigenvalue weighted by molar-refractivity contribution is 0.475. The van der Waals surface area contributed by atoms with Crippen LogP contribution in [0.1, 0.15) is 33.6 Å². The summed E-state index contributed by atoms with van der Waals surface area (Å²) in [5.41, 5.74) is 0. The quantitative estimate of drug-likeness (QED) is 0.699. The van der Waals surface area contributed by atoms with Crippen molar-refractivity contribution in [3.05, 3.63) is 0 Å². The molecule has 0 radical (unpaired) electrons. The van der Waals surface area contributed by atoms with Crippen molar-refractivity contribution in [2.45, 2.75) is 44.9 Å². The molecule has 0 aromatic rings. The summed E-state index contributed by atoms with van der Waals surface area (Å²) in [5, 5.41) is 2.85. The standard InChI is InChI=1S/C11H21NO2S/c1-5-7-8-9-11(12-6-2)10(3)15(4,13)14/h10-12H,6,8-9H2,1-4H3. The Morgan fingerprint density at radius 3 is 2.40 bits per heavy atom. The first kappa shape index (κ1) is 14.5. The van der Waals surface area contributed by atoms with E-state index in [1.807, 2.05) is 6.92 Å². The Labute approximate surface area is 93.6 Å². The van der Waals surface area contributed by atoms with E-state index < -0.39 is 9.84 Å². The first-order chi connectivity index (χ1) is 6.93. The number of rotatable bonds is 6. The molecule has 0 spiro atoms. The van der Waals surface area contributed by atoms with E-state index in [-0.39, 0.29) is 11.3 Å². The second kappa shape index (κ2) is 6.86. The average Bonchev–Trinajstić information content (AvgIpc) is 2.14. The Hall–Kier alpha value is -0.530. The van der Waals surface area contributed by atoms with Gasteiger partial charge in [0.2, 0.25) is 0 Å². The molecule has 0 aliphatic carbocycles. The van der Waals surface area contributed by atoms with Crippen LogP contribution in [0.25, 0.3) is 0 Å². The van der Waals surface area contributed by atoms with Crippen molar-refractivity contribution < 1.29 is 8.42 Å². The number of hydrogen-bond acceptors (Lipinski definition) is 3. The highest BCUT2D eigenvalue weighted by Crippen LogP contribution is 2.09. The van der Waals surface area contributed by atoms with Crippen LogP contribution in [0.4, 0.5) is 0 Å². The lowest BCUT2D eigenvalue weighted by Gasteiger charge is -2.22. The van der Waals surface area contributed by atoms with Gasteiger partial charge in [-0.25, -0.2) is 8.42 Å². The third-order valence-electron chi connectivity index (χ3n) is 2.47. The molecule has 15 heavy (non-hydrogen) atoms. The lowest BCUT2D eigenvalue weighted by Crippen LogP contribution is -2.42. The number of sulfone groups is 1. The predicted octanol–water partition coefficient (Wildman–Crippen LogP) is 1.20. The molecule has 0 heterocycles. The maximum atomic E-state index is 11.4. The smallest absolute Gasteiger partial charge is 0.151 e. The molecule has 0 saturated heterocycles. The number of nitrogens with one attached hydrogen (secondary N) is 1. The highest BCUT2D eigenvalue weighted by Gasteiger charge is 2.24. The molecule has 0 saturated carbocycles. The summed E-state index contributed by atoms with van der Waals surface area (Å²) in [6, 6.07) is 0.00542. The first-order valence-corrected chi connectivity index (χ1v) is 7.20. The van der Waals surface area contributed by atoms with E-state index in [9.17, 15) is 8.42 Å². The van der Waals surface area contributed by atoms with Gasteiger partial charge in [-0.2, -0.15) is 0 Å². The third-order valence-corrected chi connectivity index (χ3v) is 4.14. The summed E-state index contributed by atoms with van der Waals surface area (Å²) in [4.78, 5) is 0. The van der Waals surface area contributed by atoms with Gasteiger partial charge in [-0.1, -0.05) is 6.92 Å². The fourth-order valence-corrected chi connectivity index (χ4v) is 2.25. The average molecular weight is 231 g/mol. The highest BCUT2D eigenvalue weighted by atomic mass is 32.2. The van der Waals surface area contributed by atoms with Crippen molar-refractivity contribution in [3.8, 4) is 11.8 Å². The minimum absolute atomic E-state index is 0.00542. The van der Waals surface area contributed by atoms with Crippen LogP contribution in [-0.2, 0) is 9.84 Å². The largest absolute Gasteiger partial charge is 0.313 e. The second-order valence-corrected chi connectivity index (χ2v) is 6.07. The summed E-state index contributed by atoms with van der Waals surface area (Å²) in [6.07, 6.45) is 2.81. The van der Waals surface area contributed by atoms with Crippen LogP contribution in [0, 0.1) is 11.8 Å². The fraction of sp³-hybridized carbons (Fsp3) is 0.818. The van der Waals surface area contributed by atoms with E-state index in [0.717, 1.165) is 19.4 Å². The van der Waals surface area contributed by atoms with Crippen LogP contribution in [0.5, 0.6) is 0 Å². The predicted molar refractivity (Wildman–Crippen MR) is 64.5 cm³/mol. The van der Waals surface area contributed by atoms with Crippen molar-refractivity contribution >= 4 is 9.84 Å². The summed E-state index contributed by atoms with van der Waals surface area (Å²) in [7, 11) is -2.97. The van der Waals surface area contributed by atoms with E-state index in [0.29, 0.717) is 0 Å². The number of hydrogen-bond donors (Lipinski definition) is 1. The molecule has 2 atom stereocenters. The molecule has 3 nitrogen and oxygen atoms in total. The van der Waals surface area contributed by atoms with Crippen molar-refractivity contribution in [3.63, 3.8) is 0 Å². The van der Waals surface area contributed by atoms with E-state index >= 15 is 0 Å². The molecule has 2 unspecified atom stereocenters. The van der Waals surface area contributed by atoms with Gasteiger partial charge in [0, 0.05) is 18.7 Å². The molecule has 0 bridgehead atoms. The molecular formula is C11H21NO2S. The van der Waals surface area contributed by atoms with Crippen molar-refractivity contribution in [1.82, 2.24) is 5.32 Å². The molecule has 0 aliphatic rings. The Bertz CT molecular complexity index is 324. The summed E-state index contributed by atoms with van der Waals surface area (Å²) in [5.74, 6) is 5.77. The van der Waals surface area contributed by atoms with E-state index in [1.165, 1.54) is 6.26 Å². The van der Waals surface area contributed by atoms with E-state index in [1.54, 1.807) is 13.8 Å². The fourth-order valence-electron chi connectivity index (χ4n) is 1.42. The van der Waals surface area contributed by atoms with E-state index in [2.05, 4.69) is 17.2 Å². The van der Waals surface area contributed by atoms with Gasteiger partial charge in [-0.3, -0.25) is 0 Å². The second-order valence-electron chi connectivity index (χ2n) is 3.66. The molecule has 1 N–H and O–H groups in total. The van der Waals surface area contributed by atoms with Crippen LogP contribution < -0.4 is 5.32 Å². The van der Waals surface area contributed by atoms with Crippen LogP contribution >= 0.6 is 0 Å². The lowest BCUT2D eigenvalue weighted by atomic mass is 10.1. The Kier molecular flexibility index (Phi) is 6.62. The molecule has 0 amide bonds. The zero-order chi connectivity index (χ0) is 11.9. The Morgan fingerprint density at radius 2 is 2.00 bits per heavy atom. The van der Waals surface area contributed by atoms with Gasteiger partial charge in [0.1, 0.15) is 0 Å². The molecule has 0 aromatic heterocycles. The topological polar surface area (TPSA) is 46.2 Å². The summed E-state index contributed by atoms with van der Waals surface area (Å²) in [6.45, 7) is 6.31. The highest BCUT2D eigenvalue weighted by molar-refractivity contribution is 7.91.